The van der Waals surface area contributed by atoms with Gasteiger partial charge in [-0.3, -0.25) is 9.59 Å². The maximum Gasteiger partial charge on any atom is 0.258 e. The van der Waals surface area contributed by atoms with Crippen molar-refractivity contribution in [3.8, 4) is 11.5 Å². The zero-order valence-corrected chi connectivity index (χ0v) is 16.9. The molecular weight excluding hydrogens is 372 g/mol. The van der Waals surface area contributed by atoms with Crippen molar-refractivity contribution in [2.24, 2.45) is 0 Å². The average Bonchev–Trinajstić information content (AvgIpc) is 3.13. The standard InChI is InChI=1S/C21H26N4O4/c1-13-20(14(2)23-12-22-13)21(27)25-16-9-8-15(10-16)24-19(26)11-29-18-7-5-4-6-17(18)28-3/h4-7,12,15-16H,8-11H2,1-3H3,(H,24,26)(H,25,27)/t15-,16+/m0/s1. The van der Waals surface area contributed by atoms with Gasteiger partial charge in [-0.15, -0.1) is 0 Å². The highest BCUT2D eigenvalue weighted by atomic mass is 16.5. The van der Waals surface area contributed by atoms with Gasteiger partial charge in [-0.1, -0.05) is 12.1 Å². The van der Waals surface area contributed by atoms with E-state index in [9.17, 15) is 9.59 Å². The molecule has 2 N–H and O–H groups in total. The molecule has 0 radical (unpaired) electrons. The fourth-order valence-corrected chi connectivity index (χ4v) is 3.57. The van der Waals surface area contributed by atoms with E-state index in [-0.39, 0.29) is 30.5 Å². The molecule has 0 aliphatic heterocycles. The Hall–Kier alpha value is -3.16. The van der Waals surface area contributed by atoms with E-state index in [1.165, 1.54) is 6.33 Å². The lowest BCUT2D eigenvalue weighted by atomic mass is 10.1. The van der Waals surface area contributed by atoms with Gasteiger partial charge in [0.25, 0.3) is 11.8 Å². The summed E-state index contributed by atoms with van der Waals surface area (Å²) in [5.41, 5.74) is 1.84. The molecular formula is C21H26N4O4. The van der Waals surface area contributed by atoms with Crippen molar-refractivity contribution in [3.63, 3.8) is 0 Å². The SMILES string of the molecule is COc1ccccc1OCC(=O)N[C@H]1CC[C@@H](NC(=O)c2c(C)ncnc2C)C1. The van der Waals surface area contributed by atoms with Crippen LogP contribution in [-0.2, 0) is 4.79 Å². The molecule has 8 heteroatoms. The quantitative estimate of drug-likeness (QED) is 0.739. The lowest BCUT2D eigenvalue weighted by Gasteiger charge is -2.16. The molecule has 1 aromatic heterocycles. The van der Waals surface area contributed by atoms with Crippen molar-refractivity contribution in [2.45, 2.75) is 45.2 Å². The van der Waals surface area contributed by atoms with Crippen LogP contribution in [-0.4, -0.2) is 47.6 Å². The van der Waals surface area contributed by atoms with Gasteiger partial charge in [0, 0.05) is 12.1 Å². The molecule has 2 aromatic rings. The zero-order chi connectivity index (χ0) is 20.8. The van der Waals surface area contributed by atoms with Gasteiger partial charge in [-0.25, -0.2) is 9.97 Å². The Balaban J connectivity index is 1.47. The Bertz CT molecular complexity index is 866. The van der Waals surface area contributed by atoms with E-state index < -0.39 is 0 Å². The third-order valence-corrected chi connectivity index (χ3v) is 5.01. The molecule has 1 heterocycles. The number of hydrogen-bond acceptors (Lipinski definition) is 6. The predicted octanol–water partition coefficient (Wildman–Crippen LogP) is 1.95. The summed E-state index contributed by atoms with van der Waals surface area (Å²) >= 11 is 0. The molecule has 8 nitrogen and oxygen atoms in total. The fourth-order valence-electron chi connectivity index (χ4n) is 3.57. The van der Waals surface area contributed by atoms with Crippen LogP contribution in [0.3, 0.4) is 0 Å². The topological polar surface area (TPSA) is 102 Å². The monoisotopic (exact) mass is 398 g/mol. The van der Waals surface area contributed by atoms with Gasteiger partial charge in [0.05, 0.1) is 24.1 Å². The van der Waals surface area contributed by atoms with Crippen LogP contribution in [0.25, 0.3) is 0 Å². The van der Waals surface area contributed by atoms with E-state index in [1.54, 1.807) is 33.1 Å². The zero-order valence-electron chi connectivity index (χ0n) is 16.9. The van der Waals surface area contributed by atoms with Crippen molar-refractivity contribution in [1.29, 1.82) is 0 Å². The number of amides is 2. The fraction of sp³-hybridized carbons (Fsp3) is 0.429. The van der Waals surface area contributed by atoms with Crippen LogP contribution in [0.15, 0.2) is 30.6 Å². The van der Waals surface area contributed by atoms with E-state index in [0.717, 1.165) is 12.8 Å². The largest absolute Gasteiger partial charge is 0.493 e. The minimum atomic E-state index is -0.198. The van der Waals surface area contributed by atoms with Gasteiger partial charge in [-0.2, -0.15) is 0 Å². The molecule has 1 aliphatic rings. The number of rotatable bonds is 7. The van der Waals surface area contributed by atoms with Crippen molar-refractivity contribution in [3.05, 3.63) is 47.5 Å². The van der Waals surface area contributed by atoms with Crippen LogP contribution in [0, 0.1) is 13.8 Å². The summed E-state index contributed by atoms with van der Waals surface area (Å²) in [5.74, 6) is 0.741. The highest BCUT2D eigenvalue weighted by Gasteiger charge is 2.28. The van der Waals surface area contributed by atoms with E-state index >= 15 is 0 Å². The number of nitrogens with zero attached hydrogens (tertiary/aromatic N) is 2. The van der Waals surface area contributed by atoms with Crippen molar-refractivity contribution < 1.29 is 19.1 Å². The Kier molecular flexibility index (Phi) is 6.64. The van der Waals surface area contributed by atoms with Gasteiger partial charge >= 0.3 is 0 Å². The minimum Gasteiger partial charge on any atom is -0.493 e. The Morgan fingerprint density at radius 2 is 1.66 bits per heavy atom. The summed E-state index contributed by atoms with van der Waals surface area (Å²) in [6, 6.07) is 7.19. The summed E-state index contributed by atoms with van der Waals surface area (Å²) in [7, 11) is 1.56. The van der Waals surface area contributed by atoms with Gasteiger partial charge in [0.2, 0.25) is 0 Å². The van der Waals surface area contributed by atoms with Crippen molar-refractivity contribution >= 4 is 11.8 Å². The van der Waals surface area contributed by atoms with Gasteiger partial charge in [-0.05, 0) is 45.2 Å². The molecule has 1 fully saturated rings. The Morgan fingerprint density at radius 1 is 1.03 bits per heavy atom. The lowest BCUT2D eigenvalue weighted by Crippen LogP contribution is -2.39. The molecule has 2 atom stereocenters. The second-order valence-electron chi connectivity index (χ2n) is 7.11. The number of para-hydroxylation sites is 2. The normalized spacial score (nSPS) is 18.2. The number of carbonyl (C=O) groups excluding carboxylic acids is 2. The summed E-state index contributed by atoms with van der Waals surface area (Å²) in [6.45, 7) is 3.50. The first kappa shape index (κ1) is 20.6. The highest BCUT2D eigenvalue weighted by Crippen LogP contribution is 2.25. The Morgan fingerprint density at radius 3 is 2.31 bits per heavy atom. The summed E-state index contributed by atoms with van der Waals surface area (Å²) in [4.78, 5) is 33.0. The van der Waals surface area contributed by atoms with Crippen molar-refractivity contribution in [2.75, 3.05) is 13.7 Å². The molecule has 29 heavy (non-hydrogen) atoms. The third kappa shape index (κ3) is 5.22. The number of benzene rings is 1. The first-order valence-electron chi connectivity index (χ1n) is 9.62. The number of hydrogen-bond donors (Lipinski definition) is 2. The van der Waals surface area contributed by atoms with Crippen LogP contribution < -0.4 is 20.1 Å². The average molecular weight is 398 g/mol. The molecule has 0 bridgehead atoms. The van der Waals surface area contributed by atoms with Crippen LogP contribution in [0.4, 0.5) is 0 Å². The molecule has 3 rings (SSSR count). The molecule has 1 saturated carbocycles. The molecule has 1 aliphatic carbocycles. The van der Waals surface area contributed by atoms with Crippen molar-refractivity contribution in [1.82, 2.24) is 20.6 Å². The highest BCUT2D eigenvalue weighted by molar-refractivity contribution is 5.96. The second-order valence-corrected chi connectivity index (χ2v) is 7.11. The van der Waals surface area contributed by atoms with Gasteiger partial charge in [0.1, 0.15) is 6.33 Å². The van der Waals surface area contributed by atoms with Gasteiger partial charge in [0.15, 0.2) is 18.1 Å². The smallest absolute Gasteiger partial charge is 0.258 e. The minimum absolute atomic E-state index is 0.00180. The van der Waals surface area contributed by atoms with E-state index in [1.807, 2.05) is 12.1 Å². The number of aromatic nitrogens is 2. The first-order chi connectivity index (χ1) is 14.0. The molecule has 0 unspecified atom stereocenters. The number of ether oxygens (including phenoxy) is 2. The molecule has 0 spiro atoms. The van der Waals surface area contributed by atoms with E-state index in [2.05, 4.69) is 20.6 Å². The van der Waals surface area contributed by atoms with Crippen LogP contribution >= 0.6 is 0 Å². The molecule has 0 saturated heterocycles. The molecule has 154 valence electrons. The van der Waals surface area contributed by atoms with Gasteiger partial charge < -0.3 is 20.1 Å². The molecule has 1 aromatic carbocycles. The summed E-state index contributed by atoms with van der Waals surface area (Å²) in [6.07, 6.45) is 3.73. The second kappa shape index (κ2) is 9.36. The van der Waals surface area contributed by atoms with E-state index in [4.69, 9.17) is 9.47 Å². The number of carbonyl (C=O) groups is 2. The number of nitrogens with one attached hydrogen (secondary N) is 2. The van der Waals surface area contributed by atoms with E-state index in [0.29, 0.717) is 34.9 Å². The lowest BCUT2D eigenvalue weighted by molar-refractivity contribution is -0.123. The van der Waals surface area contributed by atoms with Crippen LogP contribution in [0.5, 0.6) is 11.5 Å². The third-order valence-electron chi connectivity index (χ3n) is 5.01. The first-order valence-corrected chi connectivity index (χ1v) is 9.62. The number of aryl methyl sites for hydroxylation is 2. The molecule has 2 amide bonds. The number of methoxy groups -OCH3 is 1. The van der Waals surface area contributed by atoms with Crippen LogP contribution in [0.2, 0.25) is 0 Å². The van der Waals surface area contributed by atoms with Crippen LogP contribution in [0.1, 0.15) is 41.0 Å². The predicted molar refractivity (Wildman–Crippen MR) is 107 cm³/mol. The Labute approximate surface area is 170 Å². The maximum atomic E-state index is 12.6. The summed E-state index contributed by atoms with van der Waals surface area (Å²) in [5, 5.41) is 6.01. The maximum absolute atomic E-state index is 12.6. The summed E-state index contributed by atoms with van der Waals surface area (Å²) < 4.78 is 10.8.